The molecule has 2 rings (SSSR count). The summed E-state index contributed by atoms with van der Waals surface area (Å²) in [6, 6.07) is 9.84. The lowest BCUT2D eigenvalue weighted by Crippen LogP contribution is -2.17. The standard InChI is InChI=1S/C14H10ClFN2O2/c15-10-4-5-13(19)12(7-10)14(20)18-17-8-9-2-1-3-11(16)6-9/h1-8,19H,(H,18,20)/b17-8+. The van der Waals surface area contributed by atoms with Gasteiger partial charge in [0.15, 0.2) is 0 Å². The summed E-state index contributed by atoms with van der Waals surface area (Å²) >= 11 is 5.74. The van der Waals surface area contributed by atoms with Crippen molar-refractivity contribution in [1.29, 1.82) is 0 Å². The lowest BCUT2D eigenvalue weighted by molar-refractivity contribution is 0.0952. The van der Waals surface area contributed by atoms with Crippen LogP contribution in [0.15, 0.2) is 47.6 Å². The van der Waals surface area contributed by atoms with Crippen molar-refractivity contribution in [2.75, 3.05) is 0 Å². The van der Waals surface area contributed by atoms with Crippen LogP contribution in [0.1, 0.15) is 15.9 Å². The predicted octanol–water partition coefficient (Wildman–Crippen LogP) is 2.95. The van der Waals surface area contributed by atoms with E-state index in [2.05, 4.69) is 10.5 Å². The molecule has 0 heterocycles. The van der Waals surface area contributed by atoms with Crippen molar-refractivity contribution in [2.45, 2.75) is 0 Å². The lowest BCUT2D eigenvalue weighted by Gasteiger charge is -2.03. The Hall–Kier alpha value is -2.40. The van der Waals surface area contributed by atoms with Crippen LogP contribution in [0.2, 0.25) is 5.02 Å². The zero-order valence-electron chi connectivity index (χ0n) is 10.2. The van der Waals surface area contributed by atoms with Crippen molar-refractivity contribution in [3.05, 3.63) is 64.4 Å². The van der Waals surface area contributed by atoms with E-state index in [0.717, 1.165) is 0 Å². The molecule has 0 fully saturated rings. The Kier molecular flexibility index (Phi) is 4.32. The van der Waals surface area contributed by atoms with Crippen LogP contribution in [-0.2, 0) is 0 Å². The van der Waals surface area contributed by atoms with Crippen molar-refractivity contribution in [2.24, 2.45) is 5.10 Å². The SMILES string of the molecule is O=C(N/N=C/c1cccc(F)c1)c1cc(Cl)ccc1O. The third kappa shape index (κ3) is 3.55. The van der Waals surface area contributed by atoms with E-state index < -0.39 is 11.7 Å². The minimum absolute atomic E-state index is 0.00823. The number of hydrazone groups is 1. The summed E-state index contributed by atoms with van der Waals surface area (Å²) in [7, 11) is 0. The summed E-state index contributed by atoms with van der Waals surface area (Å²) in [5, 5.41) is 13.5. The average Bonchev–Trinajstić information content (AvgIpc) is 2.41. The molecule has 0 bridgehead atoms. The first-order chi connectivity index (χ1) is 9.56. The number of halogens is 2. The van der Waals surface area contributed by atoms with Crippen molar-refractivity contribution in [3.8, 4) is 5.75 Å². The quantitative estimate of drug-likeness (QED) is 0.675. The van der Waals surface area contributed by atoms with Gasteiger partial charge in [-0.15, -0.1) is 0 Å². The van der Waals surface area contributed by atoms with Crippen molar-refractivity contribution >= 4 is 23.7 Å². The molecule has 102 valence electrons. The van der Waals surface area contributed by atoms with Gasteiger partial charge in [0.1, 0.15) is 11.6 Å². The van der Waals surface area contributed by atoms with E-state index in [-0.39, 0.29) is 11.3 Å². The minimum atomic E-state index is -0.613. The zero-order chi connectivity index (χ0) is 14.5. The number of rotatable bonds is 3. The fourth-order valence-electron chi connectivity index (χ4n) is 1.50. The van der Waals surface area contributed by atoms with Gasteiger partial charge in [-0.1, -0.05) is 23.7 Å². The number of carbonyl (C=O) groups is 1. The second-order valence-electron chi connectivity index (χ2n) is 3.92. The van der Waals surface area contributed by atoms with Gasteiger partial charge in [-0.3, -0.25) is 4.79 Å². The summed E-state index contributed by atoms with van der Waals surface area (Å²) in [5.41, 5.74) is 2.73. The highest BCUT2D eigenvalue weighted by atomic mass is 35.5. The second kappa shape index (κ2) is 6.16. The van der Waals surface area contributed by atoms with E-state index >= 15 is 0 Å². The molecule has 0 saturated heterocycles. The Morgan fingerprint density at radius 1 is 1.30 bits per heavy atom. The zero-order valence-corrected chi connectivity index (χ0v) is 10.9. The first-order valence-corrected chi connectivity index (χ1v) is 6.01. The highest BCUT2D eigenvalue weighted by Gasteiger charge is 2.10. The third-order valence-electron chi connectivity index (χ3n) is 2.43. The van der Waals surface area contributed by atoms with Crippen molar-refractivity contribution in [1.82, 2.24) is 5.43 Å². The molecule has 0 saturated carbocycles. The first-order valence-electron chi connectivity index (χ1n) is 5.64. The maximum atomic E-state index is 12.9. The third-order valence-corrected chi connectivity index (χ3v) is 2.67. The molecule has 0 spiro atoms. The van der Waals surface area contributed by atoms with Crippen LogP contribution >= 0.6 is 11.6 Å². The Labute approximate surface area is 119 Å². The lowest BCUT2D eigenvalue weighted by atomic mass is 10.2. The van der Waals surface area contributed by atoms with Gasteiger partial charge in [0.2, 0.25) is 0 Å². The summed E-state index contributed by atoms with van der Waals surface area (Å²) in [5.74, 6) is -1.21. The number of phenols is 1. The Morgan fingerprint density at radius 2 is 2.10 bits per heavy atom. The molecule has 2 aromatic carbocycles. The van der Waals surface area contributed by atoms with Gasteiger partial charge in [0, 0.05) is 5.02 Å². The molecule has 0 aromatic heterocycles. The molecule has 20 heavy (non-hydrogen) atoms. The smallest absolute Gasteiger partial charge is 0.275 e. The number of nitrogens with one attached hydrogen (secondary N) is 1. The van der Waals surface area contributed by atoms with Crippen LogP contribution in [0.3, 0.4) is 0 Å². The van der Waals surface area contributed by atoms with Gasteiger partial charge in [-0.05, 0) is 35.9 Å². The fourth-order valence-corrected chi connectivity index (χ4v) is 1.67. The normalized spacial score (nSPS) is 10.7. The first kappa shape index (κ1) is 14.0. The fraction of sp³-hybridized carbons (Fsp3) is 0. The average molecular weight is 293 g/mol. The molecule has 0 aliphatic carbocycles. The number of amides is 1. The molecule has 0 aliphatic rings. The van der Waals surface area contributed by atoms with E-state index in [1.54, 1.807) is 6.07 Å². The van der Waals surface area contributed by atoms with E-state index in [9.17, 15) is 14.3 Å². The highest BCUT2D eigenvalue weighted by Crippen LogP contribution is 2.21. The van der Waals surface area contributed by atoms with E-state index in [1.165, 1.54) is 42.6 Å². The second-order valence-corrected chi connectivity index (χ2v) is 4.35. The highest BCUT2D eigenvalue weighted by molar-refractivity contribution is 6.31. The van der Waals surface area contributed by atoms with Crippen LogP contribution in [0.4, 0.5) is 4.39 Å². The van der Waals surface area contributed by atoms with E-state index in [0.29, 0.717) is 10.6 Å². The maximum Gasteiger partial charge on any atom is 0.275 e. The van der Waals surface area contributed by atoms with E-state index in [1.807, 2.05) is 0 Å². The van der Waals surface area contributed by atoms with Crippen LogP contribution < -0.4 is 5.43 Å². The number of hydrogen-bond donors (Lipinski definition) is 2. The Balaban J connectivity index is 2.07. The topological polar surface area (TPSA) is 61.7 Å². The summed E-state index contributed by atoms with van der Waals surface area (Å²) < 4.78 is 12.9. The van der Waals surface area contributed by atoms with Crippen molar-refractivity contribution < 1.29 is 14.3 Å². The maximum absolute atomic E-state index is 12.9. The molecule has 0 atom stereocenters. The molecule has 0 aliphatic heterocycles. The van der Waals surface area contributed by atoms with Gasteiger partial charge >= 0.3 is 0 Å². The van der Waals surface area contributed by atoms with Crippen LogP contribution in [-0.4, -0.2) is 17.2 Å². The number of carbonyl (C=O) groups excluding carboxylic acids is 1. The molecule has 2 aromatic rings. The van der Waals surface area contributed by atoms with Gasteiger partial charge in [0.05, 0.1) is 11.8 Å². The number of aromatic hydroxyl groups is 1. The minimum Gasteiger partial charge on any atom is -0.507 e. The molecule has 4 nitrogen and oxygen atoms in total. The Morgan fingerprint density at radius 3 is 2.85 bits per heavy atom. The molecule has 0 radical (unpaired) electrons. The predicted molar refractivity (Wildman–Crippen MR) is 74.6 cm³/mol. The molecular formula is C14H10ClFN2O2. The van der Waals surface area contributed by atoms with Crippen molar-refractivity contribution in [3.63, 3.8) is 0 Å². The van der Waals surface area contributed by atoms with E-state index in [4.69, 9.17) is 11.6 Å². The molecular weight excluding hydrogens is 283 g/mol. The summed E-state index contributed by atoms with van der Waals surface area (Å²) in [6.07, 6.45) is 1.29. The van der Waals surface area contributed by atoms with Crippen LogP contribution in [0, 0.1) is 5.82 Å². The Bertz CT molecular complexity index is 674. The molecule has 0 unspecified atom stereocenters. The largest absolute Gasteiger partial charge is 0.507 e. The monoisotopic (exact) mass is 292 g/mol. The molecule has 1 amide bonds. The number of phenolic OH excluding ortho intramolecular Hbond substituents is 1. The number of nitrogens with zero attached hydrogens (tertiary/aromatic N) is 1. The van der Waals surface area contributed by atoms with Gasteiger partial charge < -0.3 is 5.11 Å². The van der Waals surface area contributed by atoms with Crippen LogP contribution in [0.25, 0.3) is 0 Å². The summed E-state index contributed by atoms with van der Waals surface area (Å²) in [6.45, 7) is 0. The van der Waals surface area contributed by atoms with Gasteiger partial charge in [0.25, 0.3) is 5.91 Å². The number of hydrogen-bond acceptors (Lipinski definition) is 3. The molecule has 2 N–H and O–H groups in total. The van der Waals surface area contributed by atoms with Gasteiger partial charge in [-0.2, -0.15) is 5.10 Å². The van der Waals surface area contributed by atoms with Crippen LogP contribution in [0.5, 0.6) is 5.75 Å². The summed E-state index contributed by atoms with van der Waals surface area (Å²) in [4.78, 5) is 11.8. The van der Waals surface area contributed by atoms with Gasteiger partial charge in [-0.25, -0.2) is 9.82 Å². The number of benzene rings is 2. The molecule has 6 heteroatoms.